The number of pyridine rings is 2. The van der Waals surface area contributed by atoms with Crippen LogP contribution in [0.1, 0.15) is 21.5 Å². The third-order valence-corrected chi connectivity index (χ3v) is 5.61. The molecular weight excluding hydrogens is 402 g/mol. The lowest BCUT2D eigenvalue weighted by molar-refractivity contribution is 0.0953. The smallest absolute Gasteiger partial charge is 0.263 e. The van der Waals surface area contributed by atoms with Crippen molar-refractivity contribution in [2.75, 3.05) is 19.1 Å². The summed E-state index contributed by atoms with van der Waals surface area (Å²) >= 11 is 1.55. The Morgan fingerprint density at radius 2 is 2.07 bits per heavy atom. The molecule has 2 aromatic heterocycles. The number of benzene rings is 1. The van der Waals surface area contributed by atoms with Gasteiger partial charge in [0.25, 0.3) is 11.5 Å². The normalized spacial score (nSPS) is 12.0. The van der Waals surface area contributed by atoms with E-state index in [0.29, 0.717) is 35.9 Å². The predicted molar refractivity (Wildman–Crippen MR) is 114 cm³/mol. The van der Waals surface area contributed by atoms with Crippen LogP contribution in [0.15, 0.2) is 64.7 Å². The highest BCUT2D eigenvalue weighted by atomic mass is 32.2. The van der Waals surface area contributed by atoms with Gasteiger partial charge in [-0.2, -0.15) is 0 Å². The van der Waals surface area contributed by atoms with Crippen molar-refractivity contribution < 1.29 is 14.3 Å². The topological polar surface area (TPSA) is 82.5 Å². The Kier molecular flexibility index (Phi) is 6.04. The van der Waals surface area contributed by atoms with Crippen LogP contribution in [-0.2, 0) is 6.54 Å². The minimum Gasteiger partial charge on any atom is -0.454 e. The number of ether oxygens (including phenoxy) is 2. The van der Waals surface area contributed by atoms with Crippen molar-refractivity contribution in [3.8, 4) is 11.5 Å². The van der Waals surface area contributed by atoms with Gasteiger partial charge in [-0.15, -0.1) is 11.8 Å². The molecule has 30 heavy (non-hydrogen) atoms. The summed E-state index contributed by atoms with van der Waals surface area (Å²) in [6.07, 6.45) is 3.44. The maximum atomic E-state index is 13.0. The van der Waals surface area contributed by atoms with Crippen molar-refractivity contribution in [2.24, 2.45) is 0 Å². The van der Waals surface area contributed by atoms with Crippen molar-refractivity contribution in [1.29, 1.82) is 0 Å². The van der Waals surface area contributed by atoms with Crippen LogP contribution in [0.4, 0.5) is 0 Å². The van der Waals surface area contributed by atoms with Gasteiger partial charge in [0.1, 0.15) is 5.56 Å². The van der Waals surface area contributed by atoms with Gasteiger partial charge in [-0.25, -0.2) is 4.98 Å². The Bertz CT molecular complexity index is 1120. The molecule has 1 amide bonds. The first-order valence-electron chi connectivity index (χ1n) is 9.52. The molecule has 7 nitrogen and oxygen atoms in total. The maximum absolute atomic E-state index is 13.0. The molecule has 0 radical (unpaired) electrons. The van der Waals surface area contributed by atoms with Gasteiger partial charge >= 0.3 is 0 Å². The summed E-state index contributed by atoms with van der Waals surface area (Å²) < 4.78 is 12.2. The van der Waals surface area contributed by atoms with Crippen LogP contribution in [-0.4, -0.2) is 34.5 Å². The van der Waals surface area contributed by atoms with E-state index in [1.54, 1.807) is 37.1 Å². The third-order valence-electron chi connectivity index (χ3n) is 4.67. The molecule has 0 spiro atoms. The third kappa shape index (κ3) is 4.49. The maximum Gasteiger partial charge on any atom is 0.263 e. The molecular formula is C22H21N3O4S. The standard InChI is InChI=1S/C22H21N3O4S/c1-15-7-10-25(13-16-5-6-17-18(12-16)29-14-28-17)22(27)20(15)21(26)24-9-11-30-19-4-2-3-8-23-19/h2-8,10,12H,9,11,13-14H2,1H3,(H,24,26). The molecule has 1 aliphatic rings. The Morgan fingerprint density at radius 3 is 2.90 bits per heavy atom. The van der Waals surface area contributed by atoms with Crippen LogP contribution in [0, 0.1) is 6.92 Å². The Balaban J connectivity index is 1.43. The van der Waals surface area contributed by atoms with E-state index in [2.05, 4.69) is 10.3 Å². The zero-order chi connectivity index (χ0) is 20.9. The molecule has 0 fully saturated rings. The van der Waals surface area contributed by atoms with Gasteiger partial charge in [-0.05, 0) is 48.4 Å². The average Bonchev–Trinajstić information content (AvgIpc) is 3.22. The molecule has 1 aliphatic heterocycles. The van der Waals surface area contributed by atoms with E-state index in [4.69, 9.17) is 9.47 Å². The Hall–Kier alpha value is -3.26. The minimum absolute atomic E-state index is 0.168. The van der Waals surface area contributed by atoms with Gasteiger partial charge in [0.05, 0.1) is 11.6 Å². The number of amides is 1. The second kappa shape index (κ2) is 9.04. The summed E-state index contributed by atoms with van der Waals surface area (Å²) in [6.45, 7) is 2.75. The molecule has 1 N–H and O–H groups in total. The summed E-state index contributed by atoms with van der Waals surface area (Å²) in [4.78, 5) is 29.9. The van der Waals surface area contributed by atoms with Gasteiger partial charge in [0.15, 0.2) is 11.5 Å². The van der Waals surface area contributed by atoms with E-state index in [1.807, 2.05) is 36.4 Å². The van der Waals surface area contributed by atoms with Crippen LogP contribution in [0.3, 0.4) is 0 Å². The van der Waals surface area contributed by atoms with Crippen LogP contribution in [0.2, 0.25) is 0 Å². The van der Waals surface area contributed by atoms with E-state index in [0.717, 1.165) is 10.6 Å². The molecule has 0 aliphatic carbocycles. The van der Waals surface area contributed by atoms with Gasteiger partial charge in [0.2, 0.25) is 6.79 Å². The summed E-state index contributed by atoms with van der Waals surface area (Å²) in [6, 6.07) is 13.0. The molecule has 1 aromatic carbocycles. The van der Waals surface area contributed by atoms with E-state index in [9.17, 15) is 9.59 Å². The highest BCUT2D eigenvalue weighted by Crippen LogP contribution is 2.32. The lowest BCUT2D eigenvalue weighted by atomic mass is 10.1. The highest BCUT2D eigenvalue weighted by molar-refractivity contribution is 7.99. The zero-order valence-corrected chi connectivity index (χ0v) is 17.3. The first-order chi connectivity index (χ1) is 14.6. The van der Waals surface area contributed by atoms with E-state index >= 15 is 0 Å². The second-order valence-electron chi connectivity index (χ2n) is 6.77. The lowest BCUT2D eigenvalue weighted by Crippen LogP contribution is -2.35. The van der Waals surface area contributed by atoms with Crippen molar-refractivity contribution in [3.63, 3.8) is 0 Å². The number of aromatic nitrogens is 2. The number of carbonyl (C=O) groups is 1. The quantitative estimate of drug-likeness (QED) is 0.465. The fourth-order valence-electron chi connectivity index (χ4n) is 3.14. The van der Waals surface area contributed by atoms with Crippen LogP contribution >= 0.6 is 11.8 Å². The van der Waals surface area contributed by atoms with Gasteiger partial charge < -0.3 is 19.4 Å². The monoisotopic (exact) mass is 423 g/mol. The number of carbonyl (C=O) groups excluding carboxylic acids is 1. The minimum atomic E-state index is -0.362. The van der Waals surface area contributed by atoms with Crippen molar-refractivity contribution in [1.82, 2.24) is 14.9 Å². The van der Waals surface area contributed by atoms with Gasteiger partial charge in [-0.1, -0.05) is 12.1 Å². The molecule has 0 atom stereocenters. The van der Waals surface area contributed by atoms with Gasteiger partial charge in [0, 0.05) is 24.7 Å². The molecule has 0 saturated heterocycles. The number of aryl methyl sites for hydroxylation is 1. The number of rotatable bonds is 7. The van der Waals surface area contributed by atoms with Crippen molar-refractivity contribution in [2.45, 2.75) is 18.5 Å². The van der Waals surface area contributed by atoms with E-state index in [1.165, 1.54) is 4.57 Å². The number of fused-ring (bicyclic) bond motifs is 1. The first-order valence-corrected chi connectivity index (χ1v) is 10.5. The van der Waals surface area contributed by atoms with E-state index < -0.39 is 0 Å². The van der Waals surface area contributed by atoms with Crippen molar-refractivity contribution in [3.05, 3.63) is 81.9 Å². The Labute approximate surface area is 178 Å². The molecule has 0 unspecified atom stereocenters. The number of hydrogen-bond acceptors (Lipinski definition) is 6. The molecule has 0 saturated carbocycles. The summed E-state index contributed by atoms with van der Waals surface area (Å²) in [7, 11) is 0. The van der Waals surface area contributed by atoms with Gasteiger partial charge in [-0.3, -0.25) is 9.59 Å². The number of nitrogens with one attached hydrogen (secondary N) is 1. The molecule has 3 heterocycles. The molecule has 8 heteroatoms. The largest absolute Gasteiger partial charge is 0.454 e. The molecule has 4 rings (SSSR count). The second-order valence-corrected chi connectivity index (χ2v) is 7.88. The lowest BCUT2D eigenvalue weighted by Gasteiger charge is -2.12. The summed E-state index contributed by atoms with van der Waals surface area (Å²) in [5.41, 5.74) is 1.39. The SMILES string of the molecule is Cc1ccn(Cc2ccc3c(c2)OCO3)c(=O)c1C(=O)NCCSc1ccccn1. The predicted octanol–water partition coefficient (Wildman–Crippen LogP) is 2.85. The van der Waals surface area contributed by atoms with Crippen molar-refractivity contribution >= 4 is 17.7 Å². The Morgan fingerprint density at radius 1 is 1.20 bits per heavy atom. The van der Waals surface area contributed by atoms with Crippen LogP contribution in [0.25, 0.3) is 0 Å². The average molecular weight is 423 g/mol. The molecule has 0 bridgehead atoms. The molecule has 154 valence electrons. The van der Waals surface area contributed by atoms with Crippen LogP contribution in [0.5, 0.6) is 11.5 Å². The number of thioether (sulfide) groups is 1. The highest BCUT2D eigenvalue weighted by Gasteiger charge is 2.17. The molecule has 3 aromatic rings. The fraction of sp³-hybridized carbons (Fsp3) is 0.227. The zero-order valence-electron chi connectivity index (χ0n) is 16.5. The fourth-order valence-corrected chi connectivity index (χ4v) is 3.87. The first kappa shape index (κ1) is 20.0. The number of nitrogens with zero attached hydrogens (tertiary/aromatic N) is 2. The van der Waals surface area contributed by atoms with E-state index in [-0.39, 0.29) is 23.8 Å². The van der Waals surface area contributed by atoms with Crippen LogP contribution < -0.4 is 20.3 Å². The summed E-state index contributed by atoms with van der Waals surface area (Å²) in [5.74, 6) is 1.66. The summed E-state index contributed by atoms with van der Waals surface area (Å²) in [5, 5.41) is 3.74. The number of hydrogen-bond donors (Lipinski definition) is 1.